The Hall–Kier alpha value is -2.01. The number of benzene rings is 1. The average Bonchev–Trinajstić information content (AvgIpc) is 2.84. The maximum absolute atomic E-state index is 10.8. The fourth-order valence-corrected chi connectivity index (χ4v) is 2.59. The lowest BCUT2D eigenvalue weighted by molar-refractivity contribution is 0.0697. The molecule has 0 aliphatic carbocycles. The predicted octanol–water partition coefficient (Wildman–Crippen LogP) is 3.38. The second kappa shape index (κ2) is 5.32. The lowest BCUT2D eigenvalue weighted by atomic mass is 10.1. The van der Waals surface area contributed by atoms with E-state index in [-0.39, 0.29) is 0 Å². The number of phenolic OH excluding ortho intramolecular Hbond substituents is 1. The highest BCUT2D eigenvalue weighted by Gasteiger charge is 2.08. The van der Waals surface area contributed by atoms with Crippen molar-refractivity contribution < 1.29 is 15.0 Å². The van der Waals surface area contributed by atoms with Crippen molar-refractivity contribution >= 4 is 23.0 Å². The number of nitrogens with one attached hydrogen (secondary N) is 1. The summed E-state index contributed by atoms with van der Waals surface area (Å²) in [4.78, 5) is 11.7. The van der Waals surface area contributed by atoms with Gasteiger partial charge in [0, 0.05) is 28.1 Å². The lowest BCUT2D eigenvalue weighted by Gasteiger charge is -2.11. The Morgan fingerprint density at radius 2 is 2.11 bits per heavy atom. The first-order chi connectivity index (χ1) is 8.99. The van der Waals surface area contributed by atoms with E-state index in [0.29, 0.717) is 17.9 Å². The van der Waals surface area contributed by atoms with Gasteiger partial charge >= 0.3 is 5.97 Å². The number of rotatable bonds is 4. The number of aromatic hydroxyl groups is 1. The smallest absolute Gasteiger partial charge is 0.336 e. The summed E-state index contributed by atoms with van der Waals surface area (Å²) in [6.45, 7) is 4.24. The summed E-state index contributed by atoms with van der Waals surface area (Å²) in [5.74, 6) is -0.617. The van der Waals surface area contributed by atoms with E-state index in [4.69, 9.17) is 5.11 Å². The van der Waals surface area contributed by atoms with Crippen molar-refractivity contribution in [2.75, 3.05) is 5.32 Å². The maximum Gasteiger partial charge on any atom is 0.336 e. The van der Waals surface area contributed by atoms with Gasteiger partial charge in [0.15, 0.2) is 0 Å². The highest BCUT2D eigenvalue weighted by atomic mass is 32.1. The summed E-state index contributed by atoms with van der Waals surface area (Å²) in [5.41, 5.74) is 2.81. The summed E-state index contributed by atoms with van der Waals surface area (Å²) in [6, 6.07) is 5.42. The molecule has 0 aliphatic heterocycles. The van der Waals surface area contributed by atoms with Crippen molar-refractivity contribution in [1.82, 2.24) is 0 Å². The third kappa shape index (κ3) is 2.88. The second-order valence-corrected chi connectivity index (χ2v) is 5.36. The number of phenols is 1. The Bertz CT molecular complexity index is 619. The molecule has 0 saturated heterocycles. The first-order valence-corrected chi connectivity index (χ1v) is 6.70. The van der Waals surface area contributed by atoms with Gasteiger partial charge in [-0.3, -0.25) is 0 Å². The van der Waals surface area contributed by atoms with Crippen LogP contribution in [0, 0.1) is 13.8 Å². The van der Waals surface area contributed by atoms with Gasteiger partial charge in [-0.05, 0) is 31.5 Å². The van der Waals surface area contributed by atoms with Crippen LogP contribution in [0.15, 0.2) is 23.6 Å². The average molecular weight is 277 g/mol. The van der Waals surface area contributed by atoms with Gasteiger partial charge in [-0.25, -0.2) is 4.79 Å². The molecular formula is C14H15NO3S. The summed E-state index contributed by atoms with van der Waals surface area (Å²) in [7, 11) is 0. The summed E-state index contributed by atoms with van der Waals surface area (Å²) >= 11 is 1.40. The lowest BCUT2D eigenvalue weighted by Crippen LogP contribution is -2.00. The van der Waals surface area contributed by atoms with Crippen LogP contribution < -0.4 is 5.32 Å². The van der Waals surface area contributed by atoms with Crippen LogP contribution in [0.2, 0.25) is 0 Å². The molecule has 0 radical (unpaired) electrons. The Labute approximate surface area is 115 Å². The van der Waals surface area contributed by atoms with Crippen LogP contribution >= 0.6 is 11.3 Å². The van der Waals surface area contributed by atoms with Crippen LogP contribution in [0.25, 0.3) is 0 Å². The molecular weight excluding hydrogens is 262 g/mol. The fraction of sp³-hybridized carbons (Fsp3) is 0.214. The number of hydrogen-bond acceptors (Lipinski definition) is 4. The number of thiophene rings is 1. The summed E-state index contributed by atoms with van der Waals surface area (Å²) < 4.78 is 0. The number of aromatic carboxylic acids is 1. The van der Waals surface area contributed by atoms with Crippen LogP contribution in [0.3, 0.4) is 0 Å². The molecule has 0 spiro atoms. The first-order valence-electron chi connectivity index (χ1n) is 5.82. The third-order valence-electron chi connectivity index (χ3n) is 2.99. The van der Waals surface area contributed by atoms with Crippen LogP contribution in [0.4, 0.5) is 5.69 Å². The molecule has 1 heterocycles. The molecule has 1 aromatic heterocycles. The Balaban J connectivity index is 2.10. The molecule has 0 aliphatic rings. The molecule has 0 amide bonds. The zero-order chi connectivity index (χ0) is 14.0. The minimum Gasteiger partial charge on any atom is -0.507 e. The van der Waals surface area contributed by atoms with Gasteiger partial charge in [0.25, 0.3) is 0 Å². The SMILES string of the molecule is Cc1ccc(NCc2cc(C(=O)O)cs2)c(C)c1O. The van der Waals surface area contributed by atoms with E-state index in [1.807, 2.05) is 26.0 Å². The van der Waals surface area contributed by atoms with E-state index < -0.39 is 5.97 Å². The van der Waals surface area contributed by atoms with Crippen molar-refractivity contribution in [1.29, 1.82) is 0 Å². The van der Waals surface area contributed by atoms with Crippen LogP contribution in [-0.4, -0.2) is 16.2 Å². The van der Waals surface area contributed by atoms with Gasteiger partial charge in [0.05, 0.1) is 5.56 Å². The highest BCUT2D eigenvalue weighted by Crippen LogP contribution is 2.28. The van der Waals surface area contributed by atoms with Crippen LogP contribution in [-0.2, 0) is 6.54 Å². The van der Waals surface area contributed by atoms with Crippen LogP contribution in [0.5, 0.6) is 5.75 Å². The molecule has 0 bridgehead atoms. The van der Waals surface area contributed by atoms with Gasteiger partial charge in [-0.15, -0.1) is 11.3 Å². The molecule has 0 fully saturated rings. The van der Waals surface area contributed by atoms with Crippen molar-refractivity contribution in [3.8, 4) is 5.75 Å². The zero-order valence-electron chi connectivity index (χ0n) is 10.7. The van der Waals surface area contributed by atoms with Gasteiger partial charge in [-0.2, -0.15) is 0 Å². The van der Waals surface area contributed by atoms with Crippen molar-refractivity contribution in [3.05, 3.63) is 45.1 Å². The molecule has 1 aromatic carbocycles. The minimum absolute atomic E-state index is 0.294. The maximum atomic E-state index is 10.8. The van der Waals surface area contributed by atoms with Gasteiger partial charge in [0.2, 0.25) is 0 Å². The standard InChI is InChI=1S/C14H15NO3S/c1-8-3-4-12(9(2)13(8)16)15-6-11-5-10(7-19-11)14(17)18/h3-5,7,15-16H,6H2,1-2H3,(H,17,18). The first kappa shape index (κ1) is 13.4. The number of hydrogen-bond donors (Lipinski definition) is 3. The number of carboxylic acids is 1. The molecule has 0 unspecified atom stereocenters. The number of anilines is 1. The van der Waals surface area contributed by atoms with E-state index in [2.05, 4.69) is 5.32 Å². The van der Waals surface area contributed by atoms with Gasteiger partial charge in [-0.1, -0.05) is 6.07 Å². The molecule has 2 rings (SSSR count). The quantitative estimate of drug-likeness (QED) is 0.801. The largest absolute Gasteiger partial charge is 0.507 e. The van der Waals surface area contributed by atoms with E-state index in [1.54, 1.807) is 11.4 Å². The Morgan fingerprint density at radius 3 is 2.74 bits per heavy atom. The fourth-order valence-electron chi connectivity index (χ4n) is 1.79. The predicted molar refractivity (Wildman–Crippen MR) is 76.2 cm³/mol. The zero-order valence-corrected chi connectivity index (χ0v) is 11.5. The molecule has 19 heavy (non-hydrogen) atoms. The number of carboxylic acid groups (broad SMARTS) is 1. The van der Waals surface area contributed by atoms with Crippen molar-refractivity contribution in [3.63, 3.8) is 0 Å². The van der Waals surface area contributed by atoms with Gasteiger partial charge in [0.1, 0.15) is 5.75 Å². The Morgan fingerprint density at radius 1 is 1.37 bits per heavy atom. The molecule has 3 N–H and O–H groups in total. The molecule has 0 saturated carbocycles. The minimum atomic E-state index is -0.910. The van der Waals surface area contributed by atoms with E-state index >= 15 is 0 Å². The van der Waals surface area contributed by atoms with E-state index in [0.717, 1.165) is 21.7 Å². The molecule has 2 aromatic rings. The topological polar surface area (TPSA) is 69.6 Å². The Kier molecular flexibility index (Phi) is 3.76. The number of carbonyl (C=O) groups is 1. The van der Waals surface area contributed by atoms with Crippen molar-refractivity contribution in [2.24, 2.45) is 0 Å². The summed E-state index contributed by atoms with van der Waals surface area (Å²) in [5, 5.41) is 23.5. The summed E-state index contributed by atoms with van der Waals surface area (Å²) in [6.07, 6.45) is 0. The number of aryl methyl sites for hydroxylation is 1. The van der Waals surface area contributed by atoms with Crippen LogP contribution in [0.1, 0.15) is 26.4 Å². The van der Waals surface area contributed by atoms with E-state index in [1.165, 1.54) is 11.3 Å². The van der Waals surface area contributed by atoms with E-state index in [9.17, 15) is 9.90 Å². The monoisotopic (exact) mass is 277 g/mol. The molecule has 5 heteroatoms. The van der Waals surface area contributed by atoms with Gasteiger partial charge < -0.3 is 15.5 Å². The highest BCUT2D eigenvalue weighted by molar-refractivity contribution is 7.10. The third-order valence-corrected chi connectivity index (χ3v) is 3.92. The second-order valence-electron chi connectivity index (χ2n) is 4.36. The normalized spacial score (nSPS) is 10.4. The van der Waals surface area contributed by atoms with Crippen molar-refractivity contribution in [2.45, 2.75) is 20.4 Å². The molecule has 0 atom stereocenters. The molecule has 100 valence electrons. The molecule has 4 nitrogen and oxygen atoms in total.